The monoisotopic (exact) mass is 405 g/mol. The maximum absolute atomic E-state index is 12.3. The van der Waals surface area contributed by atoms with Crippen LogP contribution in [0.25, 0.3) is 10.9 Å². The summed E-state index contributed by atoms with van der Waals surface area (Å²) in [7, 11) is 0. The minimum Gasteiger partial charge on any atom is -0.508 e. The number of hydrogen-bond donors (Lipinski definition) is 2. The van der Waals surface area contributed by atoms with Gasteiger partial charge in [0.05, 0.1) is 12.1 Å². The molecule has 0 unspecified atom stereocenters. The molecule has 1 amide bonds. The van der Waals surface area contributed by atoms with Gasteiger partial charge in [-0.1, -0.05) is 48.0 Å². The summed E-state index contributed by atoms with van der Waals surface area (Å²) in [4.78, 5) is 12.3. The van der Waals surface area contributed by atoms with E-state index in [0.717, 1.165) is 11.1 Å². The van der Waals surface area contributed by atoms with Crippen LogP contribution in [0.5, 0.6) is 11.6 Å². The van der Waals surface area contributed by atoms with Gasteiger partial charge in [0.1, 0.15) is 5.75 Å². The normalized spacial score (nSPS) is 11.3. The standard InChI is InChI=1S/C22H16ClN3O3/c23-16-10-8-14(9-11-16)13-26-19-7-2-1-6-18(19)20(22(26)29)24-25-21(28)15-4-3-5-17(27)12-15/h1-12,27,29H,13H2. The Balaban J connectivity index is 1.72. The predicted molar refractivity (Wildman–Crippen MR) is 111 cm³/mol. The third-order valence-corrected chi connectivity index (χ3v) is 4.76. The Morgan fingerprint density at radius 2 is 1.72 bits per heavy atom. The van der Waals surface area contributed by atoms with E-state index < -0.39 is 5.91 Å². The number of fused-ring (bicyclic) bond motifs is 1. The molecule has 3 aromatic carbocycles. The molecule has 2 N–H and O–H groups in total. The predicted octanol–water partition coefficient (Wildman–Crippen LogP) is 5.68. The average Bonchev–Trinajstić information content (AvgIpc) is 2.99. The number of hydrogen-bond acceptors (Lipinski definition) is 4. The van der Waals surface area contributed by atoms with Gasteiger partial charge in [0, 0.05) is 16.0 Å². The number of para-hydroxylation sites is 1. The number of halogens is 1. The number of nitrogens with zero attached hydrogens (tertiary/aromatic N) is 3. The summed E-state index contributed by atoms with van der Waals surface area (Å²) in [5, 5.41) is 29.4. The Labute approximate surface area is 171 Å². The molecule has 29 heavy (non-hydrogen) atoms. The SMILES string of the molecule is O=C(N=Nc1c(O)n(Cc2ccc(Cl)cc2)c2ccccc12)c1cccc(O)c1. The highest BCUT2D eigenvalue weighted by Gasteiger charge is 2.17. The zero-order chi connectivity index (χ0) is 20.4. The molecule has 0 radical (unpaired) electrons. The Morgan fingerprint density at radius 3 is 2.48 bits per heavy atom. The number of aromatic hydroxyl groups is 2. The van der Waals surface area contributed by atoms with Gasteiger partial charge in [0.25, 0.3) is 5.91 Å². The Bertz CT molecular complexity index is 1230. The fourth-order valence-electron chi connectivity index (χ4n) is 3.09. The molecule has 1 aromatic heterocycles. The largest absolute Gasteiger partial charge is 0.508 e. The van der Waals surface area contributed by atoms with Gasteiger partial charge in [-0.05, 0) is 42.0 Å². The summed E-state index contributed by atoms with van der Waals surface area (Å²) in [5.74, 6) is -0.739. The lowest BCUT2D eigenvalue weighted by molar-refractivity contribution is 0.0994. The van der Waals surface area contributed by atoms with Gasteiger partial charge in [-0.3, -0.25) is 4.79 Å². The third-order valence-electron chi connectivity index (χ3n) is 4.51. The molecule has 0 fully saturated rings. The Morgan fingerprint density at radius 1 is 0.966 bits per heavy atom. The molecule has 0 aliphatic carbocycles. The summed E-state index contributed by atoms with van der Waals surface area (Å²) >= 11 is 5.95. The maximum atomic E-state index is 12.3. The lowest BCUT2D eigenvalue weighted by atomic mass is 10.2. The summed E-state index contributed by atoms with van der Waals surface area (Å²) in [6.07, 6.45) is 0. The fraction of sp³-hybridized carbons (Fsp3) is 0.0455. The zero-order valence-corrected chi connectivity index (χ0v) is 15.9. The van der Waals surface area contributed by atoms with Crippen molar-refractivity contribution >= 4 is 34.1 Å². The zero-order valence-electron chi connectivity index (χ0n) is 15.2. The van der Waals surface area contributed by atoms with Crippen LogP contribution in [0.1, 0.15) is 15.9 Å². The van der Waals surface area contributed by atoms with E-state index in [9.17, 15) is 15.0 Å². The molecule has 4 aromatic rings. The summed E-state index contributed by atoms with van der Waals surface area (Å²) in [6, 6.07) is 20.5. The van der Waals surface area contributed by atoms with Crippen molar-refractivity contribution in [3.8, 4) is 11.6 Å². The minimum atomic E-state index is -0.616. The van der Waals surface area contributed by atoms with Crippen molar-refractivity contribution in [3.05, 3.63) is 88.9 Å². The van der Waals surface area contributed by atoms with Gasteiger partial charge in [-0.15, -0.1) is 10.2 Å². The van der Waals surface area contributed by atoms with E-state index in [2.05, 4.69) is 10.2 Å². The molecule has 0 aliphatic rings. The topological polar surface area (TPSA) is 87.2 Å². The quantitative estimate of drug-likeness (QED) is 0.428. The van der Waals surface area contributed by atoms with Crippen LogP contribution in [-0.2, 0) is 6.54 Å². The number of phenols is 1. The summed E-state index contributed by atoms with van der Waals surface area (Å²) in [5.41, 5.74) is 2.13. The highest BCUT2D eigenvalue weighted by Crippen LogP contribution is 2.39. The molecule has 0 bridgehead atoms. The van der Waals surface area contributed by atoms with Gasteiger partial charge < -0.3 is 14.8 Å². The van der Waals surface area contributed by atoms with E-state index in [4.69, 9.17) is 11.6 Å². The van der Waals surface area contributed by atoms with Crippen molar-refractivity contribution in [1.82, 2.24) is 4.57 Å². The Kier molecular flexibility index (Phi) is 5.01. The van der Waals surface area contributed by atoms with Crippen LogP contribution in [0.2, 0.25) is 5.02 Å². The molecule has 144 valence electrons. The second-order valence-corrected chi connectivity index (χ2v) is 6.89. The molecule has 0 saturated carbocycles. The van der Waals surface area contributed by atoms with Gasteiger partial charge in [0.15, 0.2) is 5.69 Å². The number of rotatable bonds is 4. The number of aromatic nitrogens is 1. The van der Waals surface area contributed by atoms with Gasteiger partial charge >= 0.3 is 0 Å². The van der Waals surface area contributed by atoms with E-state index in [1.165, 1.54) is 18.2 Å². The average molecular weight is 406 g/mol. The first-order chi connectivity index (χ1) is 14.0. The molecule has 0 atom stereocenters. The van der Waals surface area contributed by atoms with E-state index in [1.54, 1.807) is 28.8 Å². The molecule has 6 nitrogen and oxygen atoms in total. The lowest BCUT2D eigenvalue weighted by Gasteiger charge is -2.07. The lowest BCUT2D eigenvalue weighted by Crippen LogP contribution is -1.98. The van der Waals surface area contributed by atoms with E-state index in [-0.39, 0.29) is 22.9 Å². The summed E-state index contributed by atoms with van der Waals surface area (Å²) < 4.78 is 1.70. The second kappa shape index (κ2) is 7.77. The summed E-state index contributed by atoms with van der Waals surface area (Å²) in [6.45, 7) is 0.402. The number of carbonyl (C=O) groups excluding carboxylic acids is 1. The molecule has 0 aliphatic heterocycles. The first-order valence-electron chi connectivity index (χ1n) is 8.82. The smallest absolute Gasteiger partial charge is 0.295 e. The maximum Gasteiger partial charge on any atom is 0.295 e. The van der Waals surface area contributed by atoms with Crippen LogP contribution in [0.4, 0.5) is 5.69 Å². The number of azo groups is 1. The van der Waals surface area contributed by atoms with E-state index in [1.807, 2.05) is 30.3 Å². The van der Waals surface area contributed by atoms with Crippen LogP contribution in [-0.4, -0.2) is 20.7 Å². The van der Waals surface area contributed by atoms with Crippen LogP contribution < -0.4 is 0 Å². The second-order valence-electron chi connectivity index (χ2n) is 6.46. The molecule has 4 rings (SSSR count). The third kappa shape index (κ3) is 3.83. The molecular weight excluding hydrogens is 390 g/mol. The van der Waals surface area contributed by atoms with Crippen LogP contribution >= 0.6 is 11.6 Å². The minimum absolute atomic E-state index is 0.0338. The molecule has 0 saturated heterocycles. The Hall–Kier alpha value is -3.64. The highest BCUT2D eigenvalue weighted by molar-refractivity contribution is 6.30. The number of phenolic OH excluding ortho intramolecular Hbond substituents is 1. The number of carbonyl (C=O) groups is 1. The van der Waals surface area contributed by atoms with Crippen molar-refractivity contribution in [3.63, 3.8) is 0 Å². The first-order valence-corrected chi connectivity index (χ1v) is 9.20. The van der Waals surface area contributed by atoms with Crippen molar-refractivity contribution in [2.75, 3.05) is 0 Å². The number of benzene rings is 3. The van der Waals surface area contributed by atoms with Crippen molar-refractivity contribution < 1.29 is 15.0 Å². The van der Waals surface area contributed by atoms with E-state index >= 15 is 0 Å². The van der Waals surface area contributed by atoms with E-state index in [0.29, 0.717) is 17.0 Å². The highest BCUT2D eigenvalue weighted by atomic mass is 35.5. The van der Waals surface area contributed by atoms with Crippen LogP contribution in [0, 0.1) is 0 Å². The fourth-order valence-corrected chi connectivity index (χ4v) is 3.22. The molecular formula is C22H16ClN3O3. The van der Waals surface area contributed by atoms with Gasteiger partial charge in [-0.2, -0.15) is 0 Å². The van der Waals surface area contributed by atoms with Crippen molar-refractivity contribution in [2.45, 2.75) is 6.54 Å². The van der Waals surface area contributed by atoms with Crippen LogP contribution in [0.15, 0.2) is 83.0 Å². The molecule has 7 heteroatoms. The van der Waals surface area contributed by atoms with Crippen LogP contribution in [0.3, 0.4) is 0 Å². The van der Waals surface area contributed by atoms with Gasteiger partial charge in [-0.25, -0.2) is 0 Å². The van der Waals surface area contributed by atoms with Crippen molar-refractivity contribution in [1.29, 1.82) is 0 Å². The first kappa shape index (κ1) is 18.7. The van der Waals surface area contributed by atoms with Gasteiger partial charge in [0.2, 0.25) is 5.88 Å². The molecule has 1 heterocycles. The van der Waals surface area contributed by atoms with Crippen molar-refractivity contribution in [2.24, 2.45) is 10.2 Å². The molecule has 0 spiro atoms. The number of amides is 1.